The summed E-state index contributed by atoms with van der Waals surface area (Å²) in [6.07, 6.45) is 3.85. The number of nitrogens with one attached hydrogen (secondary N) is 1. The quantitative estimate of drug-likeness (QED) is 0.878. The van der Waals surface area contributed by atoms with Gasteiger partial charge in [0, 0.05) is 29.0 Å². The van der Waals surface area contributed by atoms with Crippen LogP contribution in [0, 0.1) is 0 Å². The first kappa shape index (κ1) is 15.1. The number of methoxy groups -OCH3 is 1. The summed E-state index contributed by atoms with van der Waals surface area (Å²) < 4.78 is 8.67. The first-order valence-electron chi connectivity index (χ1n) is 6.79. The molecule has 0 aliphatic carbocycles. The van der Waals surface area contributed by atoms with Crippen molar-refractivity contribution in [1.82, 2.24) is 14.9 Å². The Morgan fingerprint density at radius 2 is 2.20 bits per heavy atom. The van der Waals surface area contributed by atoms with Crippen LogP contribution in [0.15, 0.2) is 35.1 Å². The second-order valence-corrected chi connectivity index (χ2v) is 5.36. The molecular formula is C15H20BrN3O. The number of ether oxygens (including phenoxy) is 1. The Balaban J connectivity index is 2.48. The van der Waals surface area contributed by atoms with Crippen LogP contribution in [0.3, 0.4) is 0 Å². The van der Waals surface area contributed by atoms with Gasteiger partial charge in [0.15, 0.2) is 0 Å². The lowest BCUT2D eigenvalue weighted by Gasteiger charge is -2.21. The summed E-state index contributed by atoms with van der Waals surface area (Å²) in [6, 6.07) is 6.11. The number of hydrogen-bond donors (Lipinski definition) is 1. The van der Waals surface area contributed by atoms with Gasteiger partial charge in [-0.15, -0.1) is 0 Å². The Bertz CT molecular complexity index is 568. The van der Waals surface area contributed by atoms with Crippen LogP contribution in [0.25, 0.3) is 0 Å². The summed E-state index contributed by atoms with van der Waals surface area (Å²) in [6.45, 7) is 5.97. The van der Waals surface area contributed by atoms with Crippen molar-refractivity contribution in [2.45, 2.75) is 26.4 Å². The van der Waals surface area contributed by atoms with Crippen molar-refractivity contribution in [2.24, 2.45) is 0 Å². The van der Waals surface area contributed by atoms with Crippen LogP contribution in [-0.2, 0) is 6.54 Å². The minimum Gasteiger partial charge on any atom is -0.496 e. The molecule has 1 aromatic heterocycles. The number of benzene rings is 1. The summed E-state index contributed by atoms with van der Waals surface area (Å²) in [4.78, 5) is 4.51. The predicted molar refractivity (Wildman–Crippen MR) is 84.1 cm³/mol. The minimum absolute atomic E-state index is 0.0259. The number of nitrogens with zero attached hydrogens (tertiary/aromatic N) is 2. The van der Waals surface area contributed by atoms with Gasteiger partial charge < -0.3 is 14.6 Å². The molecule has 0 amide bonds. The van der Waals surface area contributed by atoms with E-state index in [1.165, 1.54) is 0 Å². The third kappa shape index (κ3) is 3.04. The van der Waals surface area contributed by atoms with Crippen LogP contribution in [0.2, 0.25) is 0 Å². The third-order valence-corrected chi connectivity index (χ3v) is 3.75. The minimum atomic E-state index is 0.0259. The summed E-state index contributed by atoms with van der Waals surface area (Å²) in [5.41, 5.74) is 1.10. The molecule has 2 rings (SSSR count). The van der Waals surface area contributed by atoms with Gasteiger partial charge in [-0.1, -0.05) is 28.9 Å². The molecule has 0 saturated carbocycles. The van der Waals surface area contributed by atoms with E-state index in [2.05, 4.69) is 50.7 Å². The normalized spacial score (nSPS) is 12.4. The van der Waals surface area contributed by atoms with Crippen molar-refractivity contribution >= 4 is 15.9 Å². The highest BCUT2D eigenvalue weighted by Gasteiger charge is 2.21. The lowest BCUT2D eigenvalue weighted by atomic mass is 10.0. The molecule has 1 heterocycles. The summed E-state index contributed by atoms with van der Waals surface area (Å²) in [7, 11) is 1.70. The van der Waals surface area contributed by atoms with Gasteiger partial charge in [0.05, 0.1) is 13.2 Å². The fourth-order valence-corrected chi connectivity index (χ4v) is 2.66. The number of imidazole rings is 1. The van der Waals surface area contributed by atoms with Crippen molar-refractivity contribution in [1.29, 1.82) is 0 Å². The van der Waals surface area contributed by atoms with E-state index >= 15 is 0 Å². The monoisotopic (exact) mass is 337 g/mol. The zero-order valence-electron chi connectivity index (χ0n) is 12.1. The van der Waals surface area contributed by atoms with Crippen LogP contribution in [0.5, 0.6) is 5.75 Å². The number of halogens is 1. The Morgan fingerprint density at radius 1 is 1.40 bits per heavy atom. The highest BCUT2D eigenvalue weighted by Crippen LogP contribution is 2.31. The maximum Gasteiger partial charge on any atom is 0.130 e. The number of hydrogen-bond acceptors (Lipinski definition) is 3. The number of aromatic nitrogens is 2. The lowest BCUT2D eigenvalue weighted by molar-refractivity contribution is 0.401. The molecule has 5 heteroatoms. The third-order valence-electron chi connectivity index (χ3n) is 3.26. The summed E-state index contributed by atoms with van der Waals surface area (Å²) >= 11 is 3.48. The van der Waals surface area contributed by atoms with Crippen molar-refractivity contribution in [3.8, 4) is 5.75 Å². The molecule has 1 N–H and O–H groups in total. The molecule has 1 unspecified atom stereocenters. The first-order chi connectivity index (χ1) is 9.71. The molecule has 0 aliphatic rings. The second-order valence-electron chi connectivity index (χ2n) is 4.45. The van der Waals surface area contributed by atoms with Crippen LogP contribution in [-0.4, -0.2) is 23.2 Å². The average molecular weight is 338 g/mol. The second kappa shape index (κ2) is 6.90. The molecule has 2 aromatic rings. The molecule has 1 aromatic carbocycles. The van der Waals surface area contributed by atoms with Gasteiger partial charge in [-0.3, -0.25) is 0 Å². The molecule has 0 radical (unpaired) electrons. The number of aryl methyl sites for hydroxylation is 1. The van der Waals surface area contributed by atoms with Crippen molar-refractivity contribution < 1.29 is 4.74 Å². The largest absolute Gasteiger partial charge is 0.496 e. The van der Waals surface area contributed by atoms with E-state index in [0.29, 0.717) is 0 Å². The molecule has 0 saturated heterocycles. The fraction of sp³-hybridized carbons (Fsp3) is 0.400. The van der Waals surface area contributed by atoms with Gasteiger partial charge in [-0.25, -0.2) is 4.98 Å². The van der Waals surface area contributed by atoms with Crippen LogP contribution < -0.4 is 10.1 Å². The molecule has 0 fully saturated rings. The van der Waals surface area contributed by atoms with Crippen LogP contribution >= 0.6 is 15.9 Å². The van der Waals surface area contributed by atoms with Crippen molar-refractivity contribution in [3.05, 3.63) is 46.5 Å². The van der Waals surface area contributed by atoms with Crippen molar-refractivity contribution in [2.75, 3.05) is 13.7 Å². The average Bonchev–Trinajstić information content (AvgIpc) is 2.93. The predicted octanol–water partition coefficient (Wildman–Crippen LogP) is 3.37. The Hall–Kier alpha value is -1.33. The zero-order chi connectivity index (χ0) is 14.5. The van der Waals surface area contributed by atoms with E-state index in [1.54, 1.807) is 7.11 Å². The molecular weight excluding hydrogens is 318 g/mol. The van der Waals surface area contributed by atoms with Gasteiger partial charge in [0.2, 0.25) is 0 Å². The molecule has 4 nitrogen and oxygen atoms in total. The van der Waals surface area contributed by atoms with Crippen LogP contribution in [0.4, 0.5) is 0 Å². The van der Waals surface area contributed by atoms with Gasteiger partial charge >= 0.3 is 0 Å². The van der Waals surface area contributed by atoms with E-state index in [4.69, 9.17) is 4.74 Å². The zero-order valence-corrected chi connectivity index (χ0v) is 13.6. The molecule has 108 valence electrons. The highest BCUT2D eigenvalue weighted by molar-refractivity contribution is 9.10. The maximum atomic E-state index is 5.52. The molecule has 1 atom stereocenters. The van der Waals surface area contributed by atoms with E-state index in [1.807, 2.05) is 24.5 Å². The van der Waals surface area contributed by atoms with Gasteiger partial charge in [-0.2, -0.15) is 0 Å². The number of rotatable bonds is 6. The van der Waals surface area contributed by atoms with Gasteiger partial charge in [-0.05, 0) is 25.6 Å². The maximum absolute atomic E-state index is 5.52. The van der Waals surface area contributed by atoms with Gasteiger partial charge in [0.1, 0.15) is 11.6 Å². The molecule has 0 spiro atoms. The SMILES string of the molecule is CCNC(c1ccc(Br)cc1OC)c1nccn1CC. The standard InChI is InChI=1S/C15H20BrN3O/c1-4-17-14(15-18-8-9-19(15)5-2)12-7-6-11(16)10-13(12)20-3/h6-10,14,17H,4-5H2,1-3H3. The smallest absolute Gasteiger partial charge is 0.130 e. The van der Waals surface area contributed by atoms with Crippen molar-refractivity contribution in [3.63, 3.8) is 0 Å². The summed E-state index contributed by atoms with van der Waals surface area (Å²) in [5.74, 6) is 1.87. The Labute approximate surface area is 128 Å². The summed E-state index contributed by atoms with van der Waals surface area (Å²) in [5, 5.41) is 3.49. The van der Waals surface area contributed by atoms with E-state index < -0.39 is 0 Å². The first-order valence-corrected chi connectivity index (χ1v) is 7.58. The van der Waals surface area contributed by atoms with E-state index in [0.717, 1.165) is 34.7 Å². The fourth-order valence-electron chi connectivity index (χ4n) is 2.32. The Morgan fingerprint density at radius 3 is 2.85 bits per heavy atom. The van der Waals surface area contributed by atoms with Gasteiger partial charge in [0.25, 0.3) is 0 Å². The molecule has 20 heavy (non-hydrogen) atoms. The topological polar surface area (TPSA) is 39.1 Å². The Kier molecular flexibility index (Phi) is 5.20. The van der Waals surface area contributed by atoms with E-state index in [9.17, 15) is 0 Å². The molecule has 0 aliphatic heterocycles. The molecule has 0 bridgehead atoms. The van der Waals surface area contributed by atoms with E-state index in [-0.39, 0.29) is 6.04 Å². The van der Waals surface area contributed by atoms with Crippen LogP contribution in [0.1, 0.15) is 31.3 Å². The lowest BCUT2D eigenvalue weighted by Crippen LogP contribution is -2.25. The highest BCUT2D eigenvalue weighted by atomic mass is 79.9.